The summed E-state index contributed by atoms with van der Waals surface area (Å²) >= 11 is 5.82. The molecule has 34 heavy (non-hydrogen) atoms. The fourth-order valence-corrected chi connectivity index (χ4v) is 5.76. The van der Waals surface area contributed by atoms with Gasteiger partial charge in [-0.2, -0.15) is 0 Å². The van der Waals surface area contributed by atoms with E-state index in [2.05, 4.69) is 14.9 Å². The highest BCUT2D eigenvalue weighted by Gasteiger charge is 2.37. The standard InChI is InChI=1S/C22H26ClFN4O5S/c23-16-10-14(2-3-17(16)24)12-28-13-15-19(11-18(29)21(30)20(15)22(28)31)34(32,33)26-4-1-7-27-8-5-25-6-9-27/h2-3,10-11,25-26,29-30H,1,4-9,12-13H2. The predicted octanol–water partition coefficient (Wildman–Crippen LogP) is 1.62. The van der Waals surface area contributed by atoms with Crippen LogP contribution in [0.1, 0.15) is 27.9 Å². The third kappa shape index (κ3) is 5.13. The zero-order chi connectivity index (χ0) is 24.5. The Hall–Kier alpha value is -2.44. The van der Waals surface area contributed by atoms with Crippen LogP contribution in [-0.4, -0.2) is 73.6 Å². The fourth-order valence-electron chi connectivity index (χ4n) is 4.23. The molecule has 4 rings (SSSR count). The van der Waals surface area contributed by atoms with Gasteiger partial charge in [0.05, 0.1) is 15.5 Å². The summed E-state index contributed by atoms with van der Waals surface area (Å²) in [5.41, 5.74) is 0.379. The van der Waals surface area contributed by atoms with E-state index in [0.717, 1.165) is 38.8 Å². The van der Waals surface area contributed by atoms with Crippen LogP contribution >= 0.6 is 11.6 Å². The normalized spacial score (nSPS) is 16.8. The number of phenols is 2. The lowest BCUT2D eigenvalue weighted by molar-refractivity contribution is 0.0764. The van der Waals surface area contributed by atoms with Gasteiger partial charge in [-0.15, -0.1) is 0 Å². The summed E-state index contributed by atoms with van der Waals surface area (Å²) in [7, 11) is -4.06. The molecule has 2 aliphatic heterocycles. The lowest BCUT2D eigenvalue weighted by atomic mass is 10.1. The highest BCUT2D eigenvalue weighted by Crippen LogP contribution is 2.41. The van der Waals surface area contributed by atoms with Crippen LogP contribution in [0, 0.1) is 5.82 Å². The van der Waals surface area contributed by atoms with Crippen molar-refractivity contribution >= 4 is 27.5 Å². The number of phenolic OH excluding ortho intramolecular Hbond substituents is 2. The summed E-state index contributed by atoms with van der Waals surface area (Å²) in [5.74, 6) is -2.60. The number of fused-ring (bicyclic) bond motifs is 1. The van der Waals surface area contributed by atoms with Gasteiger partial charge in [-0.1, -0.05) is 17.7 Å². The lowest BCUT2D eigenvalue weighted by Gasteiger charge is -2.27. The van der Waals surface area contributed by atoms with Crippen molar-refractivity contribution in [3.63, 3.8) is 0 Å². The molecule has 184 valence electrons. The number of benzene rings is 2. The van der Waals surface area contributed by atoms with Crippen LogP contribution < -0.4 is 10.0 Å². The lowest BCUT2D eigenvalue weighted by Crippen LogP contribution is -2.44. The molecule has 0 atom stereocenters. The Bertz CT molecular complexity index is 1200. The number of hydrogen-bond donors (Lipinski definition) is 4. The van der Waals surface area contributed by atoms with Crippen molar-refractivity contribution in [3.05, 3.63) is 51.8 Å². The van der Waals surface area contributed by atoms with Gasteiger partial charge in [-0.05, 0) is 30.7 Å². The second-order valence-electron chi connectivity index (χ2n) is 8.35. The molecule has 0 radical (unpaired) electrons. The SMILES string of the molecule is O=C1c2c(O)c(O)cc(S(=O)(=O)NCCCN3CCNCC3)c2CN1Cc1ccc(F)c(Cl)c1. The van der Waals surface area contributed by atoms with Crippen molar-refractivity contribution in [1.82, 2.24) is 19.8 Å². The van der Waals surface area contributed by atoms with Gasteiger partial charge >= 0.3 is 0 Å². The monoisotopic (exact) mass is 512 g/mol. The number of carbonyl (C=O) groups excluding carboxylic acids is 1. The molecule has 0 unspecified atom stereocenters. The molecule has 1 amide bonds. The maximum atomic E-state index is 13.5. The van der Waals surface area contributed by atoms with E-state index in [1.54, 1.807) is 0 Å². The molecule has 1 fully saturated rings. The molecule has 9 nitrogen and oxygen atoms in total. The number of hydrogen-bond acceptors (Lipinski definition) is 7. The van der Waals surface area contributed by atoms with Gasteiger partial charge in [0.25, 0.3) is 5.91 Å². The van der Waals surface area contributed by atoms with E-state index in [4.69, 9.17) is 11.6 Å². The van der Waals surface area contributed by atoms with Crippen LogP contribution in [0.3, 0.4) is 0 Å². The Balaban J connectivity index is 1.51. The zero-order valence-electron chi connectivity index (χ0n) is 18.4. The van der Waals surface area contributed by atoms with E-state index >= 15 is 0 Å². The summed E-state index contributed by atoms with van der Waals surface area (Å²) in [6.07, 6.45) is 0.599. The van der Waals surface area contributed by atoms with E-state index in [1.165, 1.54) is 23.1 Å². The predicted molar refractivity (Wildman–Crippen MR) is 124 cm³/mol. The molecule has 0 spiro atoms. The minimum absolute atomic E-state index is 0.0192. The van der Waals surface area contributed by atoms with Crippen LogP contribution in [0.15, 0.2) is 29.2 Å². The van der Waals surface area contributed by atoms with Gasteiger partial charge in [-0.3, -0.25) is 4.79 Å². The molecule has 0 aromatic heterocycles. The summed E-state index contributed by atoms with van der Waals surface area (Å²) in [4.78, 5) is 16.3. The highest BCUT2D eigenvalue weighted by atomic mass is 35.5. The number of nitrogens with zero attached hydrogens (tertiary/aromatic N) is 2. The third-order valence-electron chi connectivity index (χ3n) is 6.00. The number of halogens is 2. The maximum Gasteiger partial charge on any atom is 0.258 e. The Morgan fingerprint density at radius 3 is 2.62 bits per heavy atom. The summed E-state index contributed by atoms with van der Waals surface area (Å²) in [6, 6.07) is 4.97. The summed E-state index contributed by atoms with van der Waals surface area (Å²) in [5, 5.41) is 23.6. The largest absolute Gasteiger partial charge is 0.504 e. The van der Waals surface area contributed by atoms with Crippen LogP contribution in [0.2, 0.25) is 5.02 Å². The number of piperazine rings is 1. The molecule has 0 saturated carbocycles. The van der Waals surface area contributed by atoms with E-state index in [-0.39, 0.29) is 40.7 Å². The van der Waals surface area contributed by atoms with Gasteiger partial charge in [0.1, 0.15) is 5.82 Å². The summed E-state index contributed by atoms with van der Waals surface area (Å²) in [6.45, 7) is 4.47. The van der Waals surface area contributed by atoms with Crippen molar-refractivity contribution in [2.24, 2.45) is 0 Å². The van der Waals surface area contributed by atoms with Crippen molar-refractivity contribution in [2.45, 2.75) is 24.4 Å². The average molecular weight is 513 g/mol. The first-order valence-electron chi connectivity index (χ1n) is 10.9. The van der Waals surface area contributed by atoms with Crippen molar-refractivity contribution in [2.75, 3.05) is 39.3 Å². The van der Waals surface area contributed by atoms with Crippen LogP contribution in [-0.2, 0) is 23.1 Å². The Morgan fingerprint density at radius 1 is 1.18 bits per heavy atom. The van der Waals surface area contributed by atoms with Crippen molar-refractivity contribution in [3.8, 4) is 11.5 Å². The number of sulfonamides is 1. The Morgan fingerprint density at radius 2 is 1.91 bits per heavy atom. The van der Waals surface area contributed by atoms with Crippen LogP contribution in [0.4, 0.5) is 4.39 Å². The molecular formula is C22H26ClFN4O5S. The molecule has 0 bridgehead atoms. The van der Waals surface area contributed by atoms with Gasteiger partial charge in [-0.25, -0.2) is 17.5 Å². The first-order valence-corrected chi connectivity index (χ1v) is 12.8. The van der Waals surface area contributed by atoms with Gasteiger partial charge in [0.15, 0.2) is 11.5 Å². The highest BCUT2D eigenvalue weighted by molar-refractivity contribution is 7.89. The number of nitrogens with one attached hydrogen (secondary N) is 2. The van der Waals surface area contributed by atoms with E-state index in [9.17, 15) is 27.8 Å². The number of rotatable bonds is 8. The molecule has 2 aromatic rings. The number of aromatic hydroxyl groups is 2. The first kappa shape index (κ1) is 24.7. The first-order chi connectivity index (χ1) is 16.2. The third-order valence-corrected chi connectivity index (χ3v) is 7.81. The quantitative estimate of drug-likeness (QED) is 0.313. The maximum absolute atomic E-state index is 13.5. The molecule has 4 N–H and O–H groups in total. The van der Waals surface area contributed by atoms with E-state index in [1.807, 2.05) is 0 Å². The molecule has 12 heteroatoms. The Kier molecular flexibility index (Phi) is 7.29. The van der Waals surface area contributed by atoms with Gasteiger partial charge in [0, 0.05) is 57.4 Å². The smallest absolute Gasteiger partial charge is 0.258 e. The number of amides is 1. The molecule has 2 aliphatic rings. The van der Waals surface area contributed by atoms with Crippen molar-refractivity contribution < 1.29 is 27.8 Å². The average Bonchev–Trinajstić information content (AvgIpc) is 3.13. The minimum Gasteiger partial charge on any atom is -0.504 e. The molecule has 2 heterocycles. The zero-order valence-corrected chi connectivity index (χ0v) is 19.9. The fraction of sp³-hybridized carbons (Fsp3) is 0.409. The molecule has 1 saturated heterocycles. The van der Waals surface area contributed by atoms with Crippen LogP contribution in [0.5, 0.6) is 11.5 Å². The molecule has 2 aromatic carbocycles. The second-order valence-corrected chi connectivity index (χ2v) is 10.5. The van der Waals surface area contributed by atoms with Gasteiger partial charge in [0.2, 0.25) is 10.0 Å². The topological polar surface area (TPSA) is 122 Å². The summed E-state index contributed by atoms with van der Waals surface area (Å²) < 4.78 is 42.1. The van der Waals surface area contributed by atoms with E-state index < -0.39 is 33.2 Å². The Labute approximate surface area is 202 Å². The van der Waals surface area contributed by atoms with E-state index in [0.29, 0.717) is 12.0 Å². The second kappa shape index (κ2) is 10.0. The number of carbonyl (C=O) groups is 1. The van der Waals surface area contributed by atoms with Gasteiger partial charge < -0.3 is 25.3 Å². The molecule has 0 aliphatic carbocycles. The van der Waals surface area contributed by atoms with Crippen molar-refractivity contribution in [1.29, 1.82) is 0 Å². The van der Waals surface area contributed by atoms with Crippen LogP contribution in [0.25, 0.3) is 0 Å². The molecular weight excluding hydrogens is 487 g/mol. The minimum atomic E-state index is -4.06.